The molecule has 0 aliphatic heterocycles. The molecule has 1 fully saturated rings. The highest BCUT2D eigenvalue weighted by Crippen LogP contribution is 2.44. The molecule has 1 aliphatic rings. The molecule has 2 heterocycles. The highest BCUT2D eigenvalue weighted by molar-refractivity contribution is 5.89. The number of nitrogens with zero attached hydrogens (tertiary/aromatic N) is 4. The summed E-state index contributed by atoms with van der Waals surface area (Å²) in [7, 11) is 0. The number of anilines is 2. The Morgan fingerprint density at radius 3 is 2.59 bits per heavy atom. The molecule has 0 radical (unpaired) electrons. The number of fused-ring (bicyclic) bond motifs is 1. The average molecular weight is 439 g/mol. The summed E-state index contributed by atoms with van der Waals surface area (Å²) < 4.78 is 41.2. The number of aromatic nitrogens is 4. The van der Waals surface area contributed by atoms with Crippen molar-refractivity contribution < 1.29 is 23.1 Å². The van der Waals surface area contributed by atoms with E-state index in [-0.39, 0.29) is 22.7 Å². The van der Waals surface area contributed by atoms with Crippen molar-refractivity contribution in [3.63, 3.8) is 0 Å². The molecule has 32 heavy (non-hydrogen) atoms. The van der Waals surface area contributed by atoms with Crippen LogP contribution in [-0.4, -0.2) is 30.6 Å². The van der Waals surface area contributed by atoms with Gasteiger partial charge in [-0.2, -0.15) is 13.2 Å². The summed E-state index contributed by atoms with van der Waals surface area (Å²) >= 11 is 0. The number of rotatable bonds is 5. The molecule has 2 N–H and O–H groups in total. The molecule has 2 aromatic carbocycles. The second-order valence-corrected chi connectivity index (χ2v) is 7.51. The Bertz CT molecular complexity index is 1350. The van der Waals surface area contributed by atoms with Crippen molar-refractivity contribution in [2.75, 3.05) is 5.32 Å². The van der Waals surface area contributed by atoms with Gasteiger partial charge in [0.1, 0.15) is 5.52 Å². The second-order valence-electron chi connectivity index (χ2n) is 7.51. The fourth-order valence-electron chi connectivity index (χ4n) is 3.60. The number of nitrogens with one attached hydrogen (secondary N) is 1. The first-order chi connectivity index (χ1) is 15.3. The maximum atomic E-state index is 13.3. The summed E-state index contributed by atoms with van der Waals surface area (Å²) in [5.74, 6) is -1.83. The van der Waals surface area contributed by atoms with Gasteiger partial charge in [0.25, 0.3) is 0 Å². The molecule has 1 saturated carbocycles. The van der Waals surface area contributed by atoms with Crippen LogP contribution in [0.3, 0.4) is 0 Å². The Hall–Kier alpha value is -3.95. The largest absolute Gasteiger partial charge is 0.478 e. The van der Waals surface area contributed by atoms with Gasteiger partial charge in [-0.15, -0.1) is 0 Å². The quantitative estimate of drug-likeness (QED) is 0.447. The molecule has 1 aliphatic carbocycles. The molecule has 2 aromatic heterocycles. The van der Waals surface area contributed by atoms with Crippen LogP contribution in [-0.2, 0) is 6.18 Å². The molecular formula is C22H16F3N5O2. The smallest absolute Gasteiger partial charge is 0.451 e. The first-order valence-corrected chi connectivity index (χ1v) is 9.83. The summed E-state index contributed by atoms with van der Waals surface area (Å²) in [5.41, 5.74) is 2.23. The number of imidazole rings is 1. The van der Waals surface area contributed by atoms with Crippen LogP contribution in [0.1, 0.15) is 40.5 Å². The molecule has 7 nitrogen and oxygen atoms in total. The van der Waals surface area contributed by atoms with E-state index in [2.05, 4.69) is 20.3 Å². The number of halogens is 3. The highest BCUT2D eigenvalue weighted by atomic mass is 19.4. The van der Waals surface area contributed by atoms with Gasteiger partial charge in [0.2, 0.25) is 11.8 Å². The molecule has 0 atom stereocenters. The third-order valence-electron chi connectivity index (χ3n) is 5.23. The number of hydrogen-bond donors (Lipinski definition) is 2. The van der Waals surface area contributed by atoms with E-state index in [1.165, 1.54) is 22.8 Å². The molecule has 0 amide bonds. The van der Waals surface area contributed by atoms with Crippen LogP contribution in [0.15, 0.2) is 54.7 Å². The topological polar surface area (TPSA) is 92.9 Å². The third-order valence-corrected chi connectivity index (χ3v) is 5.23. The van der Waals surface area contributed by atoms with E-state index in [1.807, 2.05) is 24.3 Å². The number of aromatic carboxylic acids is 1. The Labute approximate surface area is 179 Å². The average Bonchev–Trinajstić information content (AvgIpc) is 3.54. The molecule has 0 spiro atoms. The van der Waals surface area contributed by atoms with E-state index < -0.39 is 18.0 Å². The Morgan fingerprint density at radius 2 is 1.88 bits per heavy atom. The van der Waals surface area contributed by atoms with Gasteiger partial charge in [-0.3, -0.25) is 4.57 Å². The highest BCUT2D eigenvalue weighted by Gasteiger charge is 2.35. The van der Waals surface area contributed by atoms with Gasteiger partial charge in [-0.25, -0.2) is 19.7 Å². The van der Waals surface area contributed by atoms with Crippen LogP contribution in [0.2, 0.25) is 0 Å². The lowest BCUT2D eigenvalue weighted by molar-refractivity contribution is -0.144. The minimum atomic E-state index is -4.74. The van der Waals surface area contributed by atoms with Gasteiger partial charge in [-0.05, 0) is 48.6 Å². The minimum Gasteiger partial charge on any atom is -0.478 e. The molecular weight excluding hydrogens is 423 g/mol. The predicted octanol–water partition coefficient (Wildman–Crippen LogP) is 5.15. The zero-order valence-electron chi connectivity index (χ0n) is 16.5. The van der Waals surface area contributed by atoms with Crippen LogP contribution in [0, 0.1) is 0 Å². The van der Waals surface area contributed by atoms with Gasteiger partial charge in [0.05, 0.1) is 17.4 Å². The van der Waals surface area contributed by atoms with E-state index in [9.17, 15) is 23.1 Å². The number of hydrogen-bond acceptors (Lipinski definition) is 5. The Morgan fingerprint density at radius 1 is 1.09 bits per heavy atom. The van der Waals surface area contributed by atoms with Crippen molar-refractivity contribution in [2.24, 2.45) is 0 Å². The van der Waals surface area contributed by atoms with Gasteiger partial charge >= 0.3 is 12.1 Å². The van der Waals surface area contributed by atoms with Crippen LogP contribution in [0.4, 0.5) is 24.8 Å². The van der Waals surface area contributed by atoms with Crippen LogP contribution >= 0.6 is 0 Å². The fraction of sp³-hybridized carbons (Fsp3) is 0.182. The van der Waals surface area contributed by atoms with Crippen molar-refractivity contribution in [3.05, 3.63) is 71.7 Å². The Balaban J connectivity index is 1.71. The van der Waals surface area contributed by atoms with Crippen molar-refractivity contribution >= 4 is 28.8 Å². The first-order valence-electron chi connectivity index (χ1n) is 9.83. The van der Waals surface area contributed by atoms with Gasteiger partial charge in [0, 0.05) is 5.69 Å². The number of benzene rings is 2. The van der Waals surface area contributed by atoms with Crippen LogP contribution in [0.5, 0.6) is 0 Å². The zero-order valence-corrected chi connectivity index (χ0v) is 16.5. The van der Waals surface area contributed by atoms with E-state index in [1.54, 1.807) is 6.07 Å². The Kier molecular flexibility index (Phi) is 4.58. The summed E-state index contributed by atoms with van der Waals surface area (Å²) in [6.45, 7) is 0. The van der Waals surface area contributed by atoms with Crippen molar-refractivity contribution in [1.29, 1.82) is 0 Å². The third kappa shape index (κ3) is 3.64. The van der Waals surface area contributed by atoms with Crippen molar-refractivity contribution in [3.8, 4) is 5.69 Å². The number of alkyl halides is 3. The van der Waals surface area contributed by atoms with E-state index in [0.29, 0.717) is 11.6 Å². The lowest BCUT2D eigenvalue weighted by Crippen LogP contribution is -2.12. The monoisotopic (exact) mass is 439 g/mol. The van der Waals surface area contributed by atoms with Crippen LogP contribution < -0.4 is 5.32 Å². The standard InChI is InChI=1S/C22H16F3N5O2/c23-22(24,25)20-26-11-17-18(29-20)30(14-5-3-4-13(10-14)19(31)32)21(28-17)27-16-7-2-1-6-15(16)12-8-9-12/h1-7,10-12H,8-9H2,(H,27,28)(H,31,32). The summed E-state index contributed by atoms with van der Waals surface area (Å²) in [5, 5.41) is 12.6. The summed E-state index contributed by atoms with van der Waals surface area (Å²) in [6, 6.07) is 13.5. The first kappa shape index (κ1) is 20.0. The maximum absolute atomic E-state index is 13.3. The summed E-state index contributed by atoms with van der Waals surface area (Å²) in [6.07, 6.45) is -1.59. The molecule has 0 saturated heterocycles. The molecule has 162 valence electrons. The predicted molar refractivity (Wildman–Crippen MR) is 110 cm³/mol. The molecule has 5 rings (SSSR count). The van der Waals surface area contributed by atoms with E-state index in [0.717, 1.165) is 30.3 Å². The summed E-state index contributed by atoms with van der Waals surface area (Å²) in [4.78, 5) is 23.0. The van der Waals surface area contributed by atoms with Gasteiger partial charge in [0.15, 0.2) is 5.65 Å². The van der Waals surface area contributed by atoms with E-state index >= 15 is 0 Å². The number of carbonyl (C=O) groups is 1. The zero-order chi connectivity index (χ0) is 22.5. The van der Waals surface area contributed by atoms with Gasteiger partial charge in [-0.1, -0.05) is 24.3 Å². The van der Waals surface area contributed by atoms with Gasteiger partial charge < -0.3 is 10.4 Å². The van der Waals surface area contributed by atoms with E-state index in [4.69, 9.17) is 0 Å². The SMILES string of the molecule is O=C(O)c1cccc(-n2c(Nc3ccccc3C3CC3)nc3cnc(C(F)(F)F)nc32)c1. The van der Waals surface area contributed by atoms with Crippen molar-refractivity contribution in [1.82, 2.24) is 19.5 Å². The van der Waals surface area contributed by atoms with Crippen molar-refractivity contribution in [2.45, 2.75) is 24.9 Å². The minimum absolute atomic E-state index is 0.0150. The number of para-hydroxylation sites is 1. The maximum Gasteiger partial charge on any atom is 0.451 e. The second kappa shape index (κ2) is 7.33. The lowest BCUT2D eigenvalue weighted by atomic mass is 10.1. The lowest BCUT2D eigenvalue weighted by Gasteiger charge is -2.14. The fourth-order valence-corrected chi connectivity index (χ4v) is 3.60. The molecule has 0 unspecified atom stereocenters. The molecule has 4 aromatic rings. The normalized spacial score (nSPS) is 14.0. The number of carboxylic acids is 1. The molecule has 0 bridgehead atoms. The molecule has 10 heteroatoms. The van der Waals surface area contributed by atoms with Crippen LogP contribution in [0.25, 0.3) is 16.9 Å². The number of carboxylic acid groups (broad SMARTS) is 1.